The molecule has 2 unspecified atom stereocenters. The van der Waals surface area contributed by atoms with Crippen LogP contribution < -0.4 is 5.32 Å². The fraction of sp³-hybridized carbons (Fsp3) is 0.917. The first-order chi connectivity index (χ1) is 14.8. The van der Waals surface area contributed by atoms with Gasteiger partial charge in [-0.05, 0) is 80.6 Å². The van der Waals surface area contributed by atoms with Crippen molar-refractivity contribution in [2.24, 2.45) is 0 Å². The van der Waals surface area contributed by atoms with Crippen molar-refractivity contribution >= 4 is 12.2 Å². The maximum absolute atomic E-state index is 12.5. The van der Waals surface area contributed by atoms with Gasteiger partial charge in [0.15, 0.2) is 0 Å². The molecule has 186 valence electrons. The number of piperidine rings is 1. The first-order valence-electron chi connectivity index (χ1n) is 12.2. The van der Waals surface area contributed by atoms with Gasteiger partial charge in [0.05, 0.1) is 12.7 Å². The molecular formula is C24H45N3O5. The number of carbonyl (C=O) groups is 2. The molecule has 8 heteroatoms. The van der Waals surface area contributed by atoms with Gasteiger partial charge >= 0.3 is 12.2 Å². The van der Waals surface area contributed by atoms with E-state index in [0.29, 0.717) is 25.7 Å². The Bertz CT molecular complexity index is 606. The minimum absolute atomic E-state index is 0.184. The number of amides is 2. The number of ether oxygens (including phenoxy) is 3. The Kier molecular flexibility index (Phi) is 9.64. The molecule has 32 heavy (non-hydrogen) atoms. The van der Waals surface area contributed by atoms with Crippen LogP contribution in [0, 0.1) is 0 Å². The van der Waals surface area contributed by atoms with Crippen LogP contribution in [0.25, 0.3) is 0 Å². The number of hydrogen-bond acceptors (Lipinski definition) is 6. The highest BCUT2D eigenvalue weighted by Crippen LogP contribution is 2.24. The molecule has 2 aliphatic rings. The van der Waals surface area contributed by atoms with E-state index in [2.05, 4.69) is 12.2 Å². The molecule has 2 atom stereocenters. The van der Waals surface area contributed by atoms with Crippen LogP contribution in [-0.2, 0) is 14.2 Å². The fourth-order valence-electron chi connectivity index (χ4n) is 4.20. The lowest BCUT2D eigenvalue weighted by molar-refractivity contribution is -0.0110. The summed E-state index contributed by atoms with van der Waals surface area (Å²) < 4.78 is 17.0. The molecule has 2 aliphatic heterocycles. The summed E-state index contributed by atoms with van der Waals surface area (Å²) in [5.74, 6) is 0. The van der Waals surface area contributed by atoms with E-state index in [1.54, 1.807) is 4.90 Å². The Morgan fingerprint density at radius 2 is 1.53 bits per heavy atom. The summed E-state index contributed by atoms with van der Waals surface area (Å²) in [5, 5.41) is 3.52. The summed E-state index contributed by atoms with van der Waals surface area (Å²) in [4.78, 5) is 28.3. The molecule has 2 heterocycles. The van der Waals surface area contributed by atoms with Gasteiger partial charge in [-0.1, -0.05) is 0 Å². The molecule has 0 aromatic rings. The van der Waals surface area contributed by atoms with E-state index < -0.39 is 11.2 Å². The molecule has 0 radical (unpaired) electrons. The highest BCUT2D eigenvalue weighted by atomic mass is 16.6. The Balaban J connectivity index is 1.61. The molecule has 0 saturated carbocycles. The molecule has 1 N–H and O–H groups in total. The summed E-state index contributed by atoms with van der Waals surface area (Å²) in [6.07, 6.45) is 4.38. The number of nitrogens with one attached hydrogen (secondary N) is 1. The van der Waals surface area contributed by atoms with E-state index in [0.717, 1.165) is 45.2 Å². The van der Waals surface area contributed by atoms with Crippen molar-refractivity contribution < 1.29 is 23.8 Å². The Labute approximate surface area is 194 Å². The van der Waals surface area contributed by atoms with E-state index in [4.69, 9.17) is 14.2 Å². The predicted molar refractivity (Wildman–Crippen MR) is 125 cm³/mol. The third-order valence-electron chi connectivity index (χ3n) is 5.67. The molecule has 0 spiro atoms. The lowest BCUT2D eigenvalue weighted by Gasteiger charge is -2.33. The van der Waals surface area contributed by atoms with Crippen LogP contribution in [0.15, 0.2) is 0 Å². The Hall–Kier alpha value is -1.54. The van der Waals surface area contributed by atoms with E-state index in [9.17, 15) is 9.59 Å². The van der Waals surface area contributed by atoms with Crippen LogP contribution >= 0.6 is 0 Å². The lowest BCUT2D eigenvalue weighted by atomic mass is 10.1. The highest BCUT2D eigenvalue weighted by Gasteiger charge is 2.33. The predicted octanol–water partition coefficient (Wildman–Crippen LogP) is 4.17. The average molecular weight is 456 g/mol. The van der Waals surface area contributed by atoms with Gasteiger partial charge in [0.25, 0.3) is 0 Å². The second-order valence-electron chi connectivity index (χ2n) is 11.1. The fourth-order valence-corrected chi connectivity index (χ4v) is 4.20. The average Bonchev–Trinajstić information content (AvgIpc) is 3.11. The normalized spacial score (nSPS) is 21.5. The van der Waals surface area contributed by atoms with Gasteiger partial charge in [0.1, 0.15) is 11.2 Å². The largest absolute Gasteiger partial charge is 0.444 e. The molecule has 0 bridgehead atoms. The van der Waals surface area contributed by atoms with E-state index in [-0.39, 0.29) is 24.3 Å². The summed E-state index contributed by atoms with van der Waals surface area (Å²) in [5.41, 5.74) is -0.927. The molecule has 0 aliphatic carbocycles. The molecule has 2 rings (SSSR count). The van der Waals surface area contributed by atoms with Crippen LogP contribution in [0.1, 0.15) is 80.6 Å². The van der Waals surface area contributed by atoms with Gasteiger partial charge in [-0.15, -0.1) is 0 Å². The van der Waals surface area contributed by atoms with Crippen molar-refractivity contribution in [3.63, 3.8) is 0 Å². The van der Waals surface area contributed by atoms with Crippen LogP contribution in [0.2, 0.25) is 0 Å². The first-order valence-corrected chi connectivity index (χ1v) is 12.2. The van der Waals surface area contributed by atoms with Gasteiger partial charge in [-0.25, -0.2) is 9.59 Å². The lowest BCUT2D eigenvalue weighted by Crippen LogP contribution is -2.44. The maximum Gasteiger partial charge on any atom is 0.410 e. The van der Waals surface area contributed by atoms with Crippen LogP contribution in [-0.4, -0.2) is 84.2 Å². The maximum atomic E-state index is 12.5. The summed E-state index contributed by atoms with van der Waals surface area (Å²) in [6.45, 7) is 17.1. The minimum Gasteiger partial charge on any atom is -0.444 e. The van der Waals surface area contributed by atoms with Crippen molar-refractivity contribution in [3.8, 4) is 0 Å². The number of carbonyl (C=O) groups excluding carboxylic acids is 2. The van der Waals surface area contributed by atoms with Crippen molar-refractivity contribution in [2.75, 3.05) is 32.8 Å². The van der Waals surface area contributed by atoms with Gasteiger partial charge in [0, 0.05) is 38.3 Å². The number of likely N-dealkylation sites (tertiary alicyclic amines) is 2. The van der Waals surface area contributed by atoms with Crippen LogP contribution in [0.3, 0.4) is 0 Å². The standard InChI is InChI=1S/C24H45N3O5/c1-18(17-19-9-8-13-27(19)22(29)32-24(5,6)7)25-12-16-30-20-10-14-26(15-11-20)21(28)31-23(2,3)4/h18-20,25H,8-17H2,1-7H3. The third-order valence-corrected chi connectivity index (χ3v) is 5.67. The Morgan fingerprint density at radius 3 is 2.12 bits per heavy atom. The van der Waals surface area contributed by atoms with Gasteiger partial charge in [0.2, 0.25) is 0 Å². The minimum atomic E-state index is -0.464. The molecule has 2 saturated heterocycles. The first kappa shape index (κ1) is 26.7. The summed E-state index contributed by atoms with van der Waals surface area (Å²) in [7, 11) is 0. The van der Waals surface area contributed by atoms with E-state index in [1.807, 2.05) is 46.4 Å². The van der Waals surface area contributed by atoms with Crippen molar-refractivity contribution in [1.82, 2.24) is 15.1 Å². The van der Waals surface area contributed by atoms with Gasteiger partial charge in [-0.3, -0.25) is 0 Å². The second kappa shape index (κ2) is 11.5. The highest BCUT2D eigenvalue weighted by molar-refractivity contribution is 5.69. The smallest absolute Gasteiger partial charge is 0.410 e. The zero-order chi connectivity index (χ0) is 23.9. The van der Waals surface area contributed by atoms with Crippen LogP contribution in [0.4, 0.5) is 9.59 Å². The quantitative estimate of drug-likeness (QED) is 0.581. The van der Waals surface area contributed by atoms with Gasteiger partial charge in [-0.2, -0.15) is 0 Å². The number of nitrogens with zero attached hydrogens (tertiary/aromatic N) is 2. The zero-order valence-electron chi connectivity index (χ0n) is 21.2. The SMILES string of the molecule is CC(CC1CCCN1C(=O)OC(C)(C)C)NCCOC1CCN(C(=O)OC(C)(C)C)CC1. The zero-order valence-corrected chi connectivity index (χ0v) is 21.2. The van der Waals surface area contributed by atoms with Crippen molar-refractivity contribution in [1.29, 1.82) is 0 Å². The molecular weight excluding hydrogens is 410 g/mol. The summed E-state index contributed by atoms with van der Waals surface area (Å²) >= 11 is 0. The molecule has 0 aromatic heterocycles. The van der Waals surface area contributed by atoms with Crippen molar-refractivity contribution in [3.05, 3.63) is 0 Å². The molecule has 8 nitrogen and oxygen atoms in total. The molecule has 0 aromatic carbocycles. The number of hydrogen-bond donors (Lipinski definition) is 1. The van der Waals surface area contributed by atoms with E-state index in [1.165, 1.54) is 0 Å². The van der Waals surface area contributed by atoms with Crippen molar-refractivity contribution in [2.45, 2.75) is 110 Å². The molecule has 2 fully saturated rings. The summed E-state index contributed by atoms with van der Waals surface area (Å²) in [6, 6.07) is 0.520. The Morgan fingerprint density at radius 1 is 0.938 bits per heavy atom. The number of rotatable bonds is 7. The second-order valence-corrected chi connectivity index (χ2v) is 11.1. The van der Waals surface area contributed by atoms with Gasteiger partial charge < -0.3 is 29.3 Å². The molecule has 2 amide bonds. The monoisotopic (exact) mass is 455 g/mol. The topological polar surface area (TPSA) is 80.3 Å². The van der Waals surface area contributed by atoms with Crippen LogP contribution in [0.5, 0.6) is 0 Å². The third kappa shape index (κ3) is 9.53. The van der Waals surface area contributed by atoms with E-state index >= 15 is 0 Å².